The Morgan fingerprint density at radius 2 is 1.89 bits per heavy atom. The van der Waals surface area contributed by atoms with Gasteiger partial charge in [-0.2, -0.15) is 0 Å². The Hall–Kier alpha value is -3.30. The van der Waals surface area contributed by atoms with Crippen LogP contribution >= 0.6 is 0 Å². The summed E-state index contributed by atoms with van der Waals surface area (Å²) in [5.41, 5.74) is 4.26. The quantitative estimate of drug-likeness (QED) is 0.441. The average Bonchev–Trinajstić information content (AvgIpc) is 3.43. The van der Waals surface area contributed by atoms with Crippen LogP contribution in [0.15, 0.2) is 41.3 Å². The van der Waals surface area contributed by atoms with Gasteiger partial charge >= 0.3 is 5.69 Å². The molecule has 2 fully saturated rings. The van der Waals surface area contributed by atoms with E-state index in [9.17, 15) is 4.79 Å². The fourth-order valence-electron chi connectivity index (χ4n) is 5.47. The van der Waals surface area contributed by atoms with Crippen molar-refractivity contribution in [3.8, 4) is 11.1 Å². The van der Waals surface area contributed by atoms with E-state index in [-0.39, 0.29) is 17.8 Å². The van der Waals surface area contributed by atoms with Gasteiger partial charge in [0.25, 0.3) is 0 Å². The minimum absolute atomic E-state index is 0.0561. The highest BCUT2D eigenvalue weighted by Gasteiger charge is 2.34. The zero-order chi connectivity index (χ0) is 24.3. The number of likely N-dealkylation sites (N-methyl/N-ethyl adjacent to an activating group) is 1. The number of pyridine rings is 1. The monoisotopic (exact) mass is 473 g/mol. The Morgan fingerprint density at radius 3 is 2.57 bits per heavy atom. The van der Waals surface area contributed by atoms with Crippen molar-refractivity contribution in [2.75, 3.05) is 39.2 Å². The molecule has 0 amide bonds. The molecule has 0 spiro atoms. The fraction of sp³-hybridized carbons (Fsp3) is 0.462. The van der Waals surface area contributed by atoms with E-state index in [2.05, 4.69) is 52.3 Å². The highest BCUT2D eigenvalue weighted by atomic mass is 16.5. The van der Waals surface area contributed by atoms with Gasteiger partial charge in [-0.3, -0.25) is 9.13 Å². The molecule has 1 aromatic carbocycles. The van der Waals surface area contributed by atoms with Gasteiger partial charge in [-0.25, -0.2) is 9.78 Å². The number of rotatable bonds is 5. The van der Waals surface area contributed by atoms with Crippen LogP contribution in [-0.2, 0) is 11.8 Å². The number of methoxy groups -OCH3 is 1. The summed E-state index contributed by atoms with van der Waals surface area (Å²) in [7, 11) is 7.77. The van der Waals surface area contributed by atoms with Crippen molar-refractivity contribution in [3.05, 3.63) is 47.0 Å². The number of ether oxygens (including phenoxy) is 1. The Labute approximate surface area is 203 Å². The van der Waals surface area contributed by atoms with Crippen LogP contribution in [-0.4, -0.2) is 75.7 Å². The SMILES string of the molecule is CO[C@H]1C[C@H](n2c(=O)n(C)c3nnc4ccc(-c5ccc(N6CC[C@@H](N(C)C)C6)nc5)cc4c32)C1. The lowest BCUT2D eigenvalue weighted by Gasteiger charge is -2.34. The zero-order valence-corrected chi connectivity index (χ0v) is 20.7. The molecule has 1 saturated carbocycles. The smallest absolute Gasteiger partial charge is 0.330 e. The summed E-state index contributed by atoms with van der Waals surface area (Å²) in [6.07, 6.45) is 4.96. The number of hydrogen-bond donors (Lipinski definition) is 0. The van der Waals surface area contributed by atoms with Crippen molar-refractivity contribution in [1.82, 2.24) is 29.2 Å². The number of imidazole rings is 1. The molecule has 9 nitrogen and oxygen atoms in total. The molecule has 182 valence electrons. The first-order valence-electron chi connectivity index (χ1n) is 12.2. The van der Waals surface area contributed by atoms with Gasteiger partial charge in [0, 0.05) is 56.5 Å². The molecule has 0 radical (unpaired) electrons. The van der Waals surface area contributed by atoms with Gasteiger partial charge in [-0.1, -0.05) is 6.07 Å². The topological polar surface area (TPSA) is 81.3 Å². The number of nitrogens with zero attached hydrogens (tertiary/aromatic N) is 7. The molecule has 0 bridgehead atoms. The Bertz CT molecular complexity index is 1450. The molecular formula is C26H31N7O2. The fourth-order valence-corrected chi connectivity index (χ4v) is 5.47. The predicted molar refractivity (Wildman–Crippen MR) is 137 cm³/mol. The maximum absolute atomic E-state index is 13.1. The minimum atomic E-state index is -0.0561. The summed E-state index contributed by atoms with van der Waals surface area (Å²) in [5, 5.41) is 9.73. The second-order valence-electron chi connectivity index (χ2n) is 10.1. The second-order valence-corrected chi connectivity index (χ2v) is 10.1. The van der Waals surface area contributed by atoms with Crippen LogP contribution in [0.3, 0.4) is 0 Å². The van der Waals surface area contributed by atoms with Gasteiger partial charge in [-0.05, 0) is 63.2 Å². The molecule has 1 aliphatic carbocycles. The summed E-state index contributed by atoms with van der Waals surface area (Å²) in [4.78, 5) is 22.6. The lowest BCUT2D eigenvalue weighted by atomic mass is 9.89. The molecule has 1 atom stereocenters. The zero-order valence-electron chi connectivity index (χ0n) is 20.7. The maximum atomic E-state index is 13.1. The van der Waals surface area contributed by atoms with Crippen LogP contribution in [0.2, 0.25) is 0 Å². The van der Waals surface area contributed by atoms with Crippen molar-refractivity contribution in [1.29, 1.82) is 0 Å². The Kier molecular flexibility index (Phi) is 5.34. The molecule has 4 aromatic rings. The summed E-state index contributed by atoms with van der Waals surface area (Å²) >= 11 is 0. The first-order valence-corrected chi connectivity index (χ1v) is 12.2. The number of hydrogen-bond acceptors (Lipinski definition) is 7. The van der Waals surface area contributed by atoms with Crippen LogP contribution in [0.1, 0.15) is 25.3 Å². The third-order valence-electron chi connectivity index (χ3n) is 7.83. The van der Waals surface area contributed by atoms with E-state index in [1.165, 1.54) is 0 Å². The van der Waals surface area contributed by atoms with Gasteiger partial charge in [0.2, 0.25) is 0 Å². The summed E-state index contributed by atoms with van der Waals surface area (Å²) in [6, 6.07) is 11.1. The number of anilines is 1. The molecule has 3 aromatic heterocycles. The molecule has 2 aliphatic rings. The highest BCUT2D eigenvalue weighted by Crippen LogP contribution is 2.37. The van der Waals surface area contributed by atoms with Crippen molar-refractivity contribution < 1.29 is 4.74 Å². The van der Waals surface area contributed by atoms with E-state index in [1.54, 1.807) is 18.7 Å². The van der Waals surface area contributed by atoms with E-state index in [0.717, 1.165) is 65.7 Å². The second kappa shape index (κ2) is 8.42. The molecule has 1 saturated heterocycles. The van der Waals surface area contributed by atoms with Crippen LogP contribution < -0.4 is 10.6 Å². The molecule has 4 heterocycles. The number of aromatic nitrogens is 5. The van der Waals surface area contributed by atoms with Gasteiger partial charge in [0.05, 0.1) is 11.6 Å². The third kappa shape index (κ3) is 3.61. The highest BCUT2D eigenvalue weighted by molar-refractivity contribution is 6.02. The van der Waals surface area contributed by atoms with Crippen molar-refractivity contribution in [3.63, 3.8) is 0 Å². The van der Waals surface area contributed by atoms with Gasteiger partial charge < -0.3 is 14.5 Å². The van der Waals surface area contributed by atoms with Crippen LogP contribution in [0.5, 0.6) is 0 Å². The standard InChI is InChI=1S/C26H31N7O2/c1-30(2)18-9-10-32(15-18)23-8-6-17(14-27-23)16-5-7-22-21(11-16)24-25(29-28-22)31(3)26(34)33(24)19-12-20(13-19)35-4/h5-8,11,14,18-20H,9-10,12-13,15H2,1-4H3/t18-,19-,20-/m1/s1. The number of benzene rings is 1. The van der Waals surface area contributed by atoms with Crippen LogP contribution in [0, 0.1) is 0 Å². The molecule has 0 N–H and O–H groups in total. The minimum Gasteiger partial charge on any atom is -0.381 e. The van der Waals surface area contributed by atoms with Crippen molar-refractivity contribution in [2.45, 2.75) is 37.5 Å². The van der Waals surface area contributed by atoms with E-state index in [1.807, 2.05) is 22.9 Å². The van der Waals surface area contributed by atoms with Crippen LogP contribution in [0.25, 0.3) is 33.2 Å². The van der Waals surface area contributed by atoms with Crippen LogP contribution in [0.4, 0.5) is 5.82 Å². The largest absolute Gasteiger partial charge is 0.381 e. The summed E-state index contributed by atoms with van der Waals surface area (Å²) in [6.45, 7) is 2.03. The normalized spacial score (nSPS) is 22.4. The molecule has 0 unspecified atom stereocenters. The lowest BCUT2D eigenvalue weighted by molar-refractivity contribution is 0.00635. The van der Waals surface area contributed by atoms with E-state index in [4.69, 9.17) is 9.72 Å². The van der Waals surface area contributed by atoms with Crippen molar-refractivity contribution in [2.24, 2.45) is 7.05 Å². The number of fused-ring (bicyclic) bond motifs is 3. The first-order chi connectivity index (χ1) is 16.9. The van der Waals surface area contributed by atoms with E-state index in [0.29, 0.717) is 11.7 Å². The molecule has 35 heavy (non-hydrogen) atoms. The third-order valence-corrected chi connectivity index (χ3v) is 7.83. The molecule has 9 heteroatoms. The average molecular weight is 474 g/mol. The van der Waals surface area contributed by atoms with Gasteiger partial charge in [0.1, 0.15) is 11.3 Å². The Morgan fingerprint density at radius 1 is 1.09 bits per heavy atom. The Balaban J connectivity index is 1.38. The van der Waals surface area contributed by atoms with Crippen molar-refractivity contribution >= 4 is 27.9 Å². The maximum Gasteiger partial charge on any atom is 0.330 e. The number of aryl methyl sites for hydroxylation is 1. The molecular weight excluding hydrogens is 442 g/mol. The molecule has 6 rings (SSSR count). The first kappa shape index (κ1) is 22.2. The summed E-state index contributed by atoms with van der Waals surface area (Å²) in [5.74, 6) is 1.02. The van der Waals surface area contributed by atoms with Gasteiger partial charge in [-0.15, -0.1) is 10.2 Å². The molecule has 1 aliphatic heterocycles. The summed E-state index contributed by atoms with van der Waals surface area (Å²) < 4.78 is 8.95. The van der Waals surface area contributed by atoms with E-state index >= 15 is 0 Å². The van der Waals surface area contributed by atoms with E-state index < -0.39 is 0 Å². The van der Waals surface area contributed by atoms with Gasteiger partial charge in [0.15, 0.2) is 5.65 Å². The lowest BCUT2D eigenvalue weighted by Crippen LogP contribution is -2.37. The predicted octanol–water partition coefficient (Wildman–Crippen LogP) is 2.84.